The molecule has 0 fully saturated rings. The van der Waals surface area contributed by atoms with E-state index in [1.807, 2.05) is 64.1 Å². The van der Waals surface area contributed by atoms with Crippen LogP contribution in [0.2, 0.25) is 0 Å². The molecule has 2 N–H and O–H groups in total. The van der Waals surface area contributed by atoms with Gasteiger partial charge in [0.2, 0.25) is 25.4 Å². The molecule has 1 aliphatic heterocycles. The van der Waals surface area contributed by atoms with Crippen LogP contribution in [-0.2, 0) is 30.2 Å². The summed E-state index contributed by atoms with van der Waals surface area (Å²) < 4.78 is 101. The van der Waals surface area contributed by atoms with Crippen LogP contribution in [0.5, 0.6) is 0 Å². The van der Waals surface area contributed by atoms with E-state index in [0.29, 0.717) is 39.4 Å². The molecule has 0 amide bonds. The Morgan fingerprint density at radius 1 is 0.796 bits per heavy atom. The average Bonchev–Trinajstić information content (AvgIpc) is 3.04. The van der Waals surface area contributed by atoms with Crippen molar-refractivity contribution in [3.8, 4) is 22.5 Å². The highest BCUT2D eigenvalue weighted by Crippen LogP contribution is 2.43. The molecule has 0 aromatic heterocycles. The van der Waals surface area contributed by atoms with Gasteiger partial charge in [0, 0.05) is 77.6 Å². The van der Waals surface area contributed by atoms with Gasteiger partial charge in [0.15, 0.2) is 0 Å². The van der Waals surface area contributed by atoms with Crippen molar-refractivity contribution < 1.29 is 34.2 Å². The second-order valence-corrected chi connectivity index (χ2v) is 18.7. The summed E-state index contributed by atoms with van der Waals surface area (Å²) in [4.78, 5) is 1.13. The molecule has 2 aliphatic rings. The summed E-state index contributed by atoms with van der Waals surface area (Å²) in [5.41, 5.74) is 2.48. The average molecular weight is 771 g/mol. The molecule has 0 unspecified atom stereocenters. The summed E-state index contributed by atoms with van der Waals surface area (Å²) in [5, 5.41) is 1.48. The Bertz CT molecular complexity index is 2160. The highest BCUT2D eigenvalue weighted by atomic mass is 33.1. The Morgan fingerprint density at radius 2 is 1.43 bits per heavy atom. The number of fused-ring (bicyclic) bond motifs is 2. The summed E-state index contributed by atoms with van der Waals surface area (Å²) >= 11 is 0. The molecule has 2 aromatic carbocycles. The molecule has 0 saturated heterocycles. The standard InChI is InChI=1S/C32H42N4O8S5/c1-6-35(7-2)23-10-13-26-29(20-23)44-30-21-24(36(8-3)9-4)11-14-27(30)32(26)28-15-12-25(22-31(28)49(41,42)43)48(39,40)34-17-19-46-45-18-16-33-47(5,37)38/h10-15,20-22,33-34H,6-9,16-19H2,1-5H3. The normalized spacial score (nSPS) is 12.5. The Hall–Kier alpha value is -2.64. The van der Waals surface area contributed by atoms with E-state index in [0.717, 1.165) is 49.5 Å². The number of sulfonamides is 2. The number of rotatable bonds is 17. The number of nitrogens with zero attached hydrogens (tertiary/aromatic N) is 2. The maximum atomic E-state index is 13.2. The molecular weight excluding hydrogens is 729 g/mol. The Morgan fingerprint density at radius 3 is 2.02 bits per heavy atom. The van der Waals surface area contributed by atoms with Gasteiger partial charge >= 0.3 is 0 Å². The first-order valence-electron chi connectivity index (χ1n) is 15.8. The van der Waals surface area contributed by atoms with Crippen LogP contribution < -0.4 is 24.3 Å². The summed E-state index contributed by atoms with van der Waals surface area (Å²) in [7, 11) is -9.89. The maximum Gasteiger partial charge on any atom is 0.240 e. The fraction of sp³-hybridized carbons (Fsp3) is 0.406. The van der Waals surface area contributed by atoms with Crippen molar-refractivity contribution in [2.24, 2.45) is 0 Å². The molecule has 49 heavy (non-hydrogen) atoms. The predicted octanol–water partition coefficient (Wildman–Crippen LogP) is 3.98. The molecule has 2 aromatic rings. The third kappa shape index (κ3) is 9.78. The van der Waals surface area contributed by atoms with Gasteiger partial charge in [0.25, 0.3) is 0 Å². The number of anilines is 1. The van der Waals surface area contributed by atoms with E-state index in [4.69, 9.17) is 4.42 Å². The van der Waals surface area contributed by atoms with E-state index in [9.17, 15) is 29.8 Å². The molecular formula is C32H42N4O8S5. The summed E-state index contributed by atoms with van der Waals surface area (Å²) in [6.45, 7) is 11.5. The number of nitrogens with one attached hydrogen (secondary N) is 2. The molecule has 17 heteroatoms. The topological polar surface area (TPSA) is 169 Å². The van der Waals surface area contributed by atoms with E-state index >= 15 is 0 Å². The first-order valence-corrected chi connectivity index (χ1v) is 23.0. The van der Waals surface area contributed by atoms with Crippen LogP contribution in [0.15, 0.2) is 68.8 Å². The zero-order valence-electron chi connectivity index (χ0n) is 28.1. The minimum absolute atomic E-state index is 0.0277. The van der Waals surface area contributed by atoms with Gasteiger partial charge in [-0.2, -0.15) is 0 Å². The highest BCUT2D eigenvalue weighted by molar-refractivity contribution is 8.76. The van der Waals surface area contributed by atoms with Gasteiger partial charge in [-0.15, -0.1) is 0 Å². The highest BCUT2D eigenvalue weighted by Gasteiger charge is 2.25. The maximum absolute atomic E-state index is 13.2. The molecule has 0 radical (unpaired) electrons. The van der Waals surface area contributed by atoms with Gasteiger partial charge in [-0.25, -0.2) is 39.3 Å². The van der Waals surface area contributed by atoms with E-state index in [2.05, 4.69) is 18.9 Å². The van der Waals surface area contributed by atoms with Crippen molar-refractivity contribution in [3.05, 3.63) is 60.0 Å². The molecule has 0 spiro atoms. The van der Waals surface area contributed by atoms with E-state index < -0.39 is 35.1 Å². The summed E-state index contributed by atoms with van der Waals surface area (Å²) in [6, 6.07) is 14.8. The SMILES string of the molecule is CCN(CC)c1ccc2c(-c3ccc(S(=O)(=O)NCCSSCCNS(C)(=O)=O)cc3S(=O)(=O)[O-])c3ccc(=[N+](CC)CC)cc-3oc2c1. The van der Waals surface area contributed by atoms with Crippen LogP contribution >= 0.6 is 21.6 Å². The second-order valence-electron chi connectivity index (χ2n) is 11.0. The first-order chi connectivity index (χ1) is 23.1. The minimum atomic E-state index is -5.15. The van der Waals surface area contributed by atoms with Crippen molar-refractivity contribution in [1.29, 1.82) is 0 Å². The van der Waals surface area contributed by atoms with Crippen LogP contribution in [-0.4, -0.2) is 86.8 Å². The monoisotopic (exact) mass is 770 g/mol. The smallest absolute Gasteiger partial charge is 0.240 e. The fourth-order valence-electron chi connectivity index (χ4n) is 5.50. The predicted molar refractivity (Wildman–Crippen MR) is 199 cm³/mol. The zero-order chi connectivity index (χ0) is 36.0. The molecule has 4 rings (SSSR count). The lowest BCUT2D eigenvalue weighted by Gasteiger charge is -2.23. The quantitative estimate of drug-likeness (QED) is 0.0524. The molecule has 1 aliphatic carbocycles. The van der Waals surface area contributed by atoms with Gasteiger partial charge in [-0.3, -0.25) is 0 Å². The van der Waals surface area contributed by atoms with Gasteiger partial charge in [0.1, 0.15) is 34.6 Å². The molecule has 1 heterocycles. The third-order valence-corrected chi connectivity index (χ3v) is 13.3. The van der Waals surface area contributed by atoms with Gasteiger partial charge < -0.3 is 13.9 Å². The number of hydrogen-bond acceptors (Lipinski definition) is 11. The summed E-state index contributed by atoms with van der Waals surface area (Å²) in [6.07, 6.45) is 1.07. The zero-order valence-corrected chi connectivity index (χ0v) is 32.1. The molecule has 0 saturated carbocycles. The third-order valence-electron chi connectivity index (χ3n) is 7.86. The lowest BCUT2D eigenvalue weighted by molar-refractivity contribution is 0.463. The first kappa shape index (κ1) is 39.2. The van der Waals surface area contributed by atoms with E-state index in [1.54, 1.807) is 0 Å². The second kappa shape index (κ2) is 16.6. The van der Waals surface area contributed by atoms with Crippen LogP contribution in [0.3, 0.4) is 0 Å². The van der Waals surface area contributed by atoms with Crippen molar-refractivity contribution in [2.75, 3.05) is 61.9 Å². The molecule has 12 nitrogen and oxygen atoms in total. The molecule has 0 bridgehead atoms. The van der Waals surface area contributed by atoms with E-state index in [-0.39, 0.29) is 23.5 Å². The van der Waals surface area contributed by atoms with Crippen molar-refractivity contribution in [1.82, 2.24) is 14.0 Å². The Balaban J connectivity index is 1.79. The van der Waals surface area contributed by atoms with Crippen molar-refractivity contribution in [3.63, 3.8) is 0 Å². The largest absolute Gasteiger partial charge is 0.744 e. The Kier molecular flexibility index (Phi) is 13.3. The number of hydrogen-bond donors (Lipinski definition) is 2. The van der Waals surface area contributed by atoms with Gasteiger partial charge in [-0.1, -0.05) is 27.7 Å². The lowest BCUT2D eigenvalue weighted by Crippen LogP contribution is -2.29. The van der Waals surface area contributed by atoms with Crippen LogP contribution in [0, 0.1) is 0 Å². The van der Waals surface area contributed by atoms with Crippen LogP contribution in [0.4, 0.5) is 5.69 Å². The number of benzene rings is 3. The van der Waals surface area contributed by atoms with Gasteiger partial charge in [0.05, 0.1) is 22.1 Å². The lowest BCUT2D eigenvalue weighted by atomic mass is 9.93. The van der Waals surface area contributed by atoms with Crippen LogP contribution in [0.1, 0.15) is 27.7 Å². The fourth-order valence-corrected chi connectivity index (χ4v) is 9.89. The minimum Gasteiger partial charge on any atom is -0.744 e. The van der Waals surface area contributed by atoms with Crippen LogP contribution in [0.25, 0.3) is 33.4 Å². The van der Waals surface area contributed by atoms with Crippen molar-refractivity contribution >= 4 is 68.4 Å². The molecule has 268 valence electrons. The molecule has 0 atom stereocenters. The van der Waals surface area contributed by atoms with E-state index in [1.165, 1.54) is 33.7 Å². The Labute approximate surface area is 297 Å². The van der Waals surface area contributed by atoms with Gasteiger partial charge in [-0.05, 0) is 58.0 Å². The van der Waals surface area contributed by atoms with Crippen molar-refractivity contribution in [2.45, 2.75) is 37.5 Å². The summed E-state index contributed by atoms with van der Waals surface area (Å²) in [5.74, 6) is 1.34.